The van der Waals surface area contributed by atoms with Gasteiger partial charge in [0, 0.05) is 28.8 Å². The molecule has 1 heterocycles. The molecule has 0 amide bonds. The van der Waals surface area contributed by atoms with Crippen LogP contribution in [0.1, 0.15) is 23.7 Å². The summed E-state index contributed by atoms with van der Waals surface area (Å²) in [5.74, 6) is 0.328. The molecule has 0 aliphatic heterocycles. The Morgan fingerprint density at radius 3 is 2.39 bits per heavy atom. The second-order valence-electron chi connectivity index (χ2n) is 7.28. The molecule has 0 aliphatic rings. The molecule has 158 valence electrons. The van der Waals surface area contributed by atoms with Crippen LogP contribution in [-0.4, -0.2) is 34.6 Å². The van der Waals surface area contributed by atoms with Crippen molar-refractivity contribution in [2.45, 2.75) is 19.9 Å². The average molecular weight is 417 g/mol. The number of hydrogen-bond acceptors (Lipinski definition) is 4. The Bertz CT molecular complexity index is 1260. The summed E-state index contributed by atoms with van der Waals surface area (Å²) in [6.07, 6.45) is 0.641. The van der Waals surface area contributed by atoms with Gasteiger partial charge in [0.15, 0.2) is 5.78 Å². The molecule has 0 aliphatic carbocycles. The Balaban J connectivity index is 1.44. The molecule has 0 spiro atoms. The van der Waals surface area contributed by atoms with Gasteiger partial charge in [-0.05, 0) is 37.3 Å². The molecule has 4 aromatic rings. The lowest BCUT2D eigenvalue weighted by atomic mass is 10.1. The molecule has 0 unspecified atom stereocenters. The Hall–Kier alpha value is -3.80. The highest BCUT2D eigenvalue weighted by Crippen LogP contribution is 2.31. The van der Waals surface area contributed by atoms with E-state index in [1.807, 2.05) is 54.6 Å². The lowest BCUT2D eigenvalue weighted by Gasteiger charge is -2.11. The smallest absolute Gasteiger partial charge is 0.323 e. The fraction of sp³-hybridized carbons (Fsp3) is 0.200. The van der Waals surface area contributed by atoms with Gasteiger partial charge in [-0.1, -0.05) is 30.3 Å². The Kier molecular flexibility index (Phi) is 5.89. The summed E-state index contributed by atoms with van der Waals surface area (Å²) in [5, 5.41) is 11.3. The zero-order chi connectivity index (χ0) is 21.8. The molecule has 1 aromatic heterocycles. The highest BCUT2D eigenvalue weighted by molar-refractivity contribution is 6.08. The minimum atomic E-state index is -0.892. The lowest BCUT2D eigenvalue weighted by molar-refractivity contribution is -0.137. The number of para-hydroxylation sites is 2. The van der Waals surface area contributed by atoms with Gasteiger partial charge in [-0.3, -0.25) is 9.59 Å². The number of Topliss-reactive ketones (excluding diaryl/α,β-unsaturated/α-hetero) is 1. The van der Waals surface area contributed by atoms with E-state index in [0.717, 1.165) is 21.8 Å². The zero-order valence-electron chi connectivity index (χ0n) is 17.2. The van der Waals surface area contributed by atoms with Crippen molar-refractivity contribution in [3.05, 3.63) is 72.3 Å². The van der Waals surface area contributed by atoms with E-state index in [4.69, 9.17) is 9.47 Å². The SMILES string of the molecule is CC(=O)c1ccccc1OCCCOc1ccc2c3ccccc3n(CC(=O)O)c2c1. The van der Waals surface area contributed by atoms with E-state index in [1.165, 1.54) is 6.92 Å². The van der Waals surface area contributed by atoms with Gasteiger partial charge in [0.25, 0.3) is 0 Å². The number of carbonyl (C=O) groups excluding carboxylic acids is 1. The largest absolute Gasteiger partial charge is 0.493 e. The van der Waals surface area contributed by atoms with Gasteiger partial charge >= 0.3 is 5.97 Å². The first-order valence-electron chi connectivity index (χ1n) is 10.1. The third-order valence-corrected chi connectivity index (χ3v) is 5.12. The van der Waals surface area contributed by atoms with Crippen LogP contribution >= 0.6 is 0 Å². The molecule has 0 bridgehead atoms. The lowest BCUT2D eigenvalue weighted by Crippen LogP contribution is -2.08. The molecule has 0 fully saturated rings. The van der Waals surface area contributed by atoms with Gasteiger partial charge in [0.2, 0.25) is 0 Å². The summed E-state index contributed by atoms with van der Waals surface area (Å²) in [6, 6.07) is 20.7. The van der Waals surface area contributed by atoms with Crippen molar-refractivity contribution in [3.63, 3.8) is 0 Å². The average Bonchev–Trinajstić information content (AvgIpc) is 3.06. The zero-order valence-corrected chi connectivity index (χ0v) is 17.2. The number of carboxylic acids is 1. The van der Waals surface area contributed by atoms with Gasteiger partial charge in [-0.15, -0.1) is 0 Å². The maximum Gasteiger partial charge on any atom is 0.323 e. The first kappa shape index (κ1) is 20.5. The minimum absolute atomic E-state index is 0.0306. The Morgan fingerprint density at radius 1 is 0.871 bits per heavy atom. The van der Waals surface area contributed by atoms with E-state index in [-0.39, 0.29) is 12.3 Å². The van der Waals surface area contributed by atoms with E-state index in [0.29, 0.717) is 36.7 Å². The standard InChI is InChI=1S/C25H23NO5/c1-17(27)19-7-3-5-10-24(19)31-14-6-13-30-18-11-12-21-20-8-2-4-9-22(20)26(16-25(28)29)23(21)15-18/h2-5,7-12,15H,6,13-14,16H2,1H3,(H,28,29). The highest BCUT2D eigenvalue weighted by Gasteiger charge is 2.13. The number of fused-ring (bicyclic) bond motifs is 3. The predicted molar refractivity (Wildman–Crippen MR) is 119 cm³/mol. The third kappa shape index (κ3) is 4.38. The quantitative estimate of drug-likeness (QED) is 0.309. The number of aromatic nitrogens is 1. The van der Waals surface area contributed by atoms with Crippen molar-refractivity contribution in [1.29, 1.82) is 0 Å². The molecule has 4 rings (SSSR count). The predicted octanol–water partition coefficient (Wildman–Crippen LogP) is 4.93. The number of aliphatic carboxylic acids is 1. The van der Waals surface area contributed by atoms with Gasteiger partial charge in [-0.2, -0.15) is 0 Å². The van der Waals surface area contributed by atoms with Crippen molar-refractivity contribution in [2.24, 2.45) is 0 Å². The summed E-state index contributed by atoms with van der Waals surface area (Å²) < 4.78 is 13.4. The first-order chi connectivity index (χ1) is 15.0. The van der Waals surface area contributed by atoms with Crippen LogP contribution in [0.15, 0.2) is 66.7 Å². The molecule has 6 nitrogen and oxygen atoms in total. The van der Waals surface area contributed by atoms with Crippen molar-refractivity contribution in [2.75, 3.05) is 13.2 Å². The summed E-state index contributed by atoms with van der Waals surface area (Å²) in [4.78, 5) is 23.0. The van der Waals surface area contributed by atoms with Gasteiger partial charge in [0.05, 0.1) is 24.3 Å². The molecule has 1 N–H and O–H groups in total. The summed E-state index contributed by atoms with van der Waals surface area (Å²) in [5.41, 5.74) is 2.28. The number of ether oxygens (including phenoxy) is 2. The van der Waals surface area contributed by atoms with Gasteiger partial charge in [0.1, 0.15) is 18.0 Å². The molecule has 0 saturated carbocycles. The monoisotopic (exact) mass is 417 g/mol. The van der Waals surface area contributed by atoms with Crippen LogP contribution in [0.2, 0.25) is 0 Å². The topological polar surface area (TPSA) is 77.8 Å². The van der Waals surface area contributed by atoms with Crippen molar-refractivity contribution >= 4 is 33.6 Å². The molecule has 31 heavy (non-hydrogen) atoms. The number of hydrogen-bond donors (Lipinski definition) is 1. The number of carboxylic acid groups (broad SMARTS) is 1. The molecular weight excluding hydrogens is 394 g/mol. The maximum atomic E-state index is 11.7. The van der Waals surface area contributed by atoms with Crippen LogP contribution in [0.5, 0.6) is 11.5 Å². The Morgan fingerprint density at radius 2 is 1.58 bits per heavy atom. The van der Waals surface area contributed by atoms with E-state index >= 15 is 0 Å². The van der Waals surface area contributed by atoms with Crippen molar-refractivity contribution in [3.8, 4) is 11.5 Å². The number of benzene rings is 3. The maximum absolute atomic E-state index is 11.7. The van der Waals surface area contributed by atoms with Crippen molar-refractivity contribution < 1.29 is 24.2 Å². The van der Waals surface area contributed by atoms with Crippen LogP contribution in [0.3, 0.4) is 0 Å². The Labute approximate surface area is 179 Å². The molecule has 0 saturated heterocycles. The molecule has 0 radical (unpaired) electrons. The molecule has 0 atom stereocenters. The molecular formula is C25H23NO5. The second-order valence-corrected chi connectivity index (χ2v) is 7.28. The molecule has 3 aromatic carbocycles. The van der Waals surface area contributed by atoms with Crippen LogP contribution in [0.25, 0.3) is 21.8 Å². The third-order valence-electron chi connectivity index (χ3n) is 5.12. The summed E-state index contributed by atoms with van der Waals surface area (Å²) in [6.45, 7) is 2.26. The van der Waals surface area contributed by atoms with E-state index in [2.05, 4.69) is 0 Å². The van der Waals surface area contributed by atoms with Crippen molar-refractivity contribution in [1.82, 2.24) is 4.57 Å². The van der Waals surface area contributed by atoms with Crippen LogP contribution in [-0.2, 0) is 11.3 Å². The number of carbonyl (C=O) groups is 2. The fourth-order valence-electron chi connectivity index (χ4n) is 3.74. The van der Waals surface area contributed by atoms with Crippen LogP contribution < -0.4 is 9.47 Å². The van der Waals surface area contributed by atoms with E-state index in [9.17, 15) is 14.7 Å². The van der Waals surface area contributed by atoms with Gasteiger partial charge < -0.3 is 19.1 Å². The fourth-order valence-corrected chi connectivity index (χ4v) is 3.74. The number of ketones is 1. The normalized spacial score (nSPS) is 11.0. The number of nitrogens with zero attached hydrogens (tertiary/aromatic N) is 1. The van der Waals surface area contributed by atoms with Crippen LogP contribution in [0, 0.1) is 0 Å². The second kappa shape index (κ2) is 8.92. The highest BCUT2D eigenvalue weighted by atomic mass is 16.5. The van der Waals surface area contributed by atoms with E-state index < -0.39 is 5.97 Å². The molecule has 6 heteroatoms. The van der Waals surface area contributed by atoms with Gasteiger partial charge in [-0.25, -0.2) is 0 Å². The summed E-state index contributed by atoms with van der Waals surface area (Å²) >= 11 is 0. The first-order valence-corrected chi connectivity index (χ1v) is 10.1. The summed E-state index contributed by atoms with van der Waals surface area (Å²) in [7, 11) is 0. The van der Waals surface area contributed by atoms with Crippen LogP contribution in [0.4, 0.5) is 0 Å². The van der Waals surface area contributed by atoms with E-state index in [1.54, 1.807) is 16.7 Å². The number of rotatable bonds is 9. The minimum Gasteiger partial charge on any atom is -0.493 e.